The Morgan fingerprint density at radius 3 is 2.62 bits per heavy atom. The fourth-order valence-electron chi connectivity index (χ4n) is 2.05. The number of carbonyl (C=O) groups is 1. The molecule has 6 nitrogen and oxygen atoms in total. The molecule has 6 heteroatoms. The van der Waals surface area contributed by atoms with Crippen molar-refractivity contribution in [2.45, 2.75) is 6.92 Å². The predicted octanol–water partition coefficient (Wildman–Crippen LogP) is 3.00. The molecule has 0 aliphatic rings. The molecule has 0 unspecified atom stereocenters. The third-order valence-corrected chi connectivity index (χ3v) is 3.18. The molecule has 0 aliphatic carbocycles. The van der Waals surface area contributed by atoms with Crippen molar-refractivity contribution in [3.05, 3.63) is 53.6 Å². The highest BCUT2D eigenvalue weighted by molar-refractivity contribution is 5.91. The molecule has 1 amide bonds. The summed E-state index contributed by atoms with van der Waals surface area (Å²) in [7, 11) is 3.13. The number of oxime groups is 1. The van der Waals surface area contributed by atoms with Gasteiger partial charge in [0, 0.05) is 11.3 Å². The second kappa shape index (κ2) is 8.57. The van der Waals surface area contributed by atoms with Gasteiger partial charge in [0.1, 0.15) is 0 Å². The second-order valence-corrected chi connectivity index (χ2v) is 5.04. The van der Waals surface area contributed by atoms with E-state index in [9.17, 15) is 4.79 Å². The van der Waals surface area contributed by atoms with Gasteiger partial charge in [-0.2, -0.15) is 0 Å². The standard InChI is InChI=1S/C18H20N2O4/c1-13-5-4-6-15(9-13)20-18(21)12-24-19-11-14-7-8-16(22-2)17(10-14)23-3/h4-11H,12H2,1-3H3,(H,20,21). The van der Waals surface area contributed by atoms with Gasteiger partial charge < -0.3 is 19.6 Å². The van der Waals surface area contributed by atoms with Crippen LogP contribution in [0.25, 0.3) is 0 Å². The van der Waals surface area contributed by atoms with E-state index in [-0.39, 0.29) is 12.5 Å². The summed E-state index contributed by atoms with van der Waals surface area (Å²) < 4.78 is 10.4. The molecule has 0 atom stereocenters. The highest BCUT2D eigenvalue weighted by Crippen LogP contribution is 2.26. The Balaban J connectivity index is 1.85. The molecule has 0 spiro atoms. The summed E-state index contributed by atoms with van der Waals surface area (Å²) in [5.74, 6) is 0.955. The van der Waals surface area contributed by atoms with Crippen molar-refractivity contribution < 1.29 is 19.1 Å². The molecule has 0 bridgehead atoms. The summed E-state index contributed by atoms with van der Waals surface area (Å²) in [6, 6.07) is 12.9. The molecule has 0 aliphatic heterocycles. The number of aryl methyl sites for hydroxylation is 1. The van der Waals surface area contributed by atoms with Crippen LogP contribution in [0.15, 0.2) is 47.6 Å². The predicted molar refractivity (Wildman–Crippen MR) is 92.9 cm³/mol. The van der Waals surface area contributed by atoms with E-state index in [0.29, 0.717) is 11.5 Å². The first-order valence-electron chi connectivity index (χ1n) is 7.36. The summed E-state index contributed by atoms with van der Waals surface area (Å²) in [5.41, 5.74) is 2.57. The van der Waals surface area contributed by atoms with Crippen molar-refractivity contribution in [3.63, 3.8) is 0 Å². The molecular formula is C18H20N2O4. The van der Waals surface area contributed by atoms with Gasteiger partial charge in [0.2, 0.25) is 0 Å². The minimum Gasteiger partial charge on any atom is -0.493 e. The Labute approximate surface area is 141 Å². The number of rotatable bonds is 7. The number of ether oxygens (including phenoxy) is 2. The normalized spacial score (nSPS) is 10.5. The third-order valence-electron chi connectivity index (χ3n) is 3.18. The number of hydrogen-bond donors (Lipinski definition) is 1. The monoisotopic (exact) mass is 328 g/mol. The van der Waals surface area contributed by atoms with E-state index in [4.69, 9.17) is 14.3 Å². The summed E-state index contributed by atoms with van der Waals surface area (Å²) in [6.07, 6.45) is 1.50. The zero-order valence-electron chi connectivity index (χ0n) is 13.9. The highest BCUT2D eigenvalue weighted by atomic mass is 16.6. The van der Waals surface area contributed by atoms with E-state index in [1.807, 2.05) is 31.2 Å². The Morgan fingerprint density at radius 2 is 1.92 bits per heavy atom. The molecule has 0 saturated heterocycles. The molecule has 24 heavy (non-hydrogen) atoms. The van der Waals surface area contributed by atoms with Gasteiger partial charge in [-0.15, -0.1) is 0 Å². The first kappa shape index (κ1) is 17.3. The average Bonchev–Trinajstić information content (AvgIpc) is 2.58. The van der Waals surface area contributed by atoms with Crippen LogP contribution < -0.4 is 14.8 Å². The molecular weight excluding hydrogens is 308 g/mol. The lowest BCUT2D eigenvalue weighted by atomic mass is 10.2. The lowest BCUT2D eigenvalue weighted by Gasteiger charge is -2.07. The summed E-state index contributed by atoms with van der Waals surface area (Å²) in [6.45, 7) is 1.79. The number of methoxy groups -OCH3 is 2. The van der Waals surface area contributed by atoms with E-state index in [1.54, 1.807) is 32.4 Å². The fraction of sp³-hybridized carbons (Fsp3) is 0.222. The molecule has 0 radical (unpaired) electrons. The number of nitrogens with zero attached hydrogens (tertiary/aromatic N) is 1. The van der Waals surface area contributed by atoms with Crippen molar-refractivity contribution in [3.8, 4) is 11.5 Å². The molecule has 2 rings (SSSR count). The van der Waals surface area contributed by atoms with E-state index in [1.165, 1.54) is 6.21 Å². The van der Waals surface area contributed by atoms with Gasteiger partial charge in [-0.1, -0.05) is 17.3 Å². The maximum Gasteiger partial charge on any atom is 0.265 e. The van der Waals surface area contributed by atoms with Gasteiger partial charge in [-0.3, -0.25) is 4.79 Å². The summed E-state index contributed by atoms with van der Waals surface area (Å²) in [5, 5.41) is 6.53. The van der Waals surface area contributed by atoms with E-state index in [2.05, 4.69) is 10.5 Å². The summed E-state index contributed by atoms with van der Waals surface area (Å²) in [4.78, 5) is 16.8. The number of amides is 1. The third kappa shape index (κ3) is 5.01. The van der Waals surface area contributed by atoms with Gasteiger partial charge in [0.25, 0.3) is 5.91 Å². The zero-order valence-corrected chi connectivity index (χ0v) is 13.9. The lowest BCUT2D eigenvalue weighted by Crippen LogP contribution is -2.16. The van der Waals surface area contributed by atoms with Crippen molar-refractivity contribution in [2.24, 2.45) is 5.16 Å². The van der Waals surface area contributed by atoms with Crippen molar-refractivity contribution in [1.29, 1.82) is 0 Å². The van der Waals surface area contributed by atoms with Crippen LogP contribution in [0.4, 0.5) is 5.69 Å². The molecule has 0 saturated carbocycles. The molecule has 2 aromatic carbocycles. The fourth-order valence-corrected chi connectivity index (χ4v) is 2.05. The SMILES string of the molecule is COc1ccc(C=NOCC(=O)Nc2cccc(C)c2)cc1OC. The molecule has 2 aromatic rings. The average molecular weight is 328 g/mol. The number of anilines is 1. The molecule has 1 N–H and O–H groups in total. The quantitative estimate of drug-likeness (QED) is 0.626. The smallest absolute Gasteiger partial charge is 0.265 e. The maximum atomic E-state index is 11.8. The minimum atomic E-state index is -0.273. The number of nitrogens with one attached hydrogen (secondary N) is 1. The first-order valence-corrected chi connectivity index (χ1v) is 7.36. The van der Waals surface area contributed by atoms with Gasteiger partial charge in [0.15, 0.2) is 18.1 Å². The van der Waals surface area contributed by atoms with Crippen LogP contribution in [0.3, 0.4) is 0 Å². The second-order valence-electron chi connectivity index (χ2n) is 5.04. The Hall–Kier alpha value is -3.02. The number of benzene rings is 2. The minimum absolute atomic E-state index is 0.169. The molecule has 126 valence electrons. The number of carbonyl (C=O) groups excluding carboxylic acids is 1. The van der Waals surface area contributed by atoms with Crippen LogP contribution in [0.1, 0.15) is 11.1 Å². The van der Waals surface area contributed by atoms with Crippen LogP contribution in [0, 0.1) is 6.92 Å². The molecule has 0 heterocycles. The van der Waals surface area contributed by atoms with Gasteiger partial charge >= 0.3 is 0 Å². The van der Waals surface area contributed by atoms with Crippen LogP contribution in [0.5, 0.6) is 11.5 Å². The van der Waals surface area contributed by atoms with Crippen molar-refractivity contribution in [2.75, 3.05) is 26.1 Å². The van der Waals surface area contributed by atoms with Gasteiger partial charge in [0.05, 0.1) is 20.4 Å². The maximum absolute atomic E-state index is 11.8. The Kier molecular flexibility index (Phi) is 6.19. The van der Waals surface area contributed by atoms with E-state index >= 15 is 0 Å². The van der Waals surface area contributed by atoms with Gasteiger partial charge in [-0.25, -0.2) is 0 Å². The lowest BCUT2D eigenvalue weighted by molar-refractivity contribution is -0.120. The Morgan fingerprint density at radius 1 is 1.12 bits per heavy atom. The van der Waals surface area contributed by atoms with Crippen LogP contribution in [-0.4, -0.2) is 32.9 Å². The van der Waals surface area contributed by atoms with Crippen LogP contribution in [-0.2, 0) is 9.63 Å². The topological polar surface area (TPSA) is 69.2 Å². The van der Waals surface area contributed by atoms with Crippen molar-refractivity contribution in [1.82, 2.24) is 0 Å². The Bertz CT molecular complexity index is 729. The van der Waals surface area contributed by atoms with E-state index in [0.717, 1.165) is 16.8 Å². The van der Waals surface area contributed by atoms with Crippen LogP contribution >= 0.6 is 0 Å². The number of hydrogen-bond acceptors (Lipinski definition) is 5. The largest absolute Gasteiger partial charge is 0.493 e. The van der Waals surface area contributed by atoms with Crippen molar-refractivity contribution >= 4 is 17.8 Å². The highest BCUT2D eigenvalue weighted by Gasteiger charge is 2.04. The van der Waals surface area contributed by atoms with Crippen LogP contribution in [0.2, 0.25) is 0 Å². The van der Waals surface area contributed by atoms with Gasteiger partial charge in [-0.05, 0) is 42.8 Å². The molecule has 0 fully saturated rings. The zero-order chi connectivity index (χ0) is 17.4. The molecule has 0 aromatic heterocycles. The summed E-state index contributed by atoms with van der Waals surface area (Å²) >= 11 is 0. The first-order chi connectivity index (χ1) is 11.6. The van der Waals surface area contributed by atoms with E-state index < -0.39 is 0 Å².